The Morgan fingerprint density at radius 3 is 2.55 bits per heavy atom. The van der Waals surface area contributed by atoms with Gasteiger partial charge in [-0.3, -0.25) is 0 Å². The number of ether oxygens (including phenoxy) is 3. The molecule has 22 heavy (non-hydrogen) atoms. The summed E-state index contributed by atoms with van der Waals surface area (Å²) in [5.74, 6) is 0.893. The lowest BCUT2D eigenvalue weighted by Gasteiger charge is -2.05. The van der Waals surface area contributed by atoms with Crippen molar-refractivity contribution in [1.82, 2.24) is 0 Å². The van der Waals surface area contributed by atoms with Crippen LogP contribution in [0.15, 0.2) is 42.5 Å². The van der Waals surface area contributed by atoms with Gasteiger partial charge in [0.15, 0.2) is 11.5 Å². The highest BCUT2D eigenvalue weighted by molar-refractivity contribution is 6.20. The van der Waals surface area contributed by atoms with Crippen molar-refractivity contribution in [2.24, 2.45) is 0 Å². The summed E-state index contributed by atoms with van der Waals surface area (Å²) in [5.41, 5.74) is 1.52. The third kappa shape index (κ3) is 2.74. The average molecular weight is 298 g/mol. The number of carboxylic acids is 1. The summed E-state index contributed by atoms with van der Waals surface area (Å²) in [6.45, 7) is 0.156. The van der Waals surface area contributed by atoms with Crippen LogP contribution >= 0.6 is 0 Å². The maximum atomic E-state index is 11.6. The van der Waals surface area contributed by atoms with Gasteiger partial charge in [0.25, 0.3) is 0 Å². The Morgan fingerprint density at radius 1 is 1.14 bits per heavy atom. The fourth-order valence-electron chi connectivity index (χ4n) is 2.20. The van der Waals surface area contributed by atoms with Gasteiger partial charge < -0.3 is 19.3 Å². The number of methoxy groups -OCH3 is 1. The fraction of sp³-hybridized carbons (Fsp3) is 0.118. The Morgan fingerprint density at radius 2 is 1.86 bits per heavy atom. The lowest BCUT2D eigenvalue weighted by atomic mass is 10.0. The summed E-state index contributed by atoms with van der Waals surface area (Å²) in [5, 5.41) is 9.47. The highest BCUT2D eigenvalue weighted by Crippen LogP contribution is 2.35. The van der Waals surface area contributed by atoms with Gasteiger partial charge >= 0.3 is 5.97 Å². The predicted octanol–water partition coefficient (Wildman–Crippen LogP) is 3.05. The van der Waals surface area contributed by atoms with Crippen molar-refractivity contribution in [3.63, 3.8) is 0 Å². The monoisotopic (exact) mass is 298 g/mol. The maximum Gasteiger partial charge on any atom is 0.336 e. The van der Waals surface area contributed by atoms with Crippen LogP contribution < -0.4 is 14.2 Å². The van der Waals surface area contributed by atoms with E-state index in [0.29, 0.717) is 17.1 Å². The van der Waals surface area contributed by atoms with Crippen LogP contribution in [0.3, 0.4) is 0 Å². The second kappa shape index (κ2) is 5.81. The molecule has 0 aliphatic carbocycles. The first-order valence-corrected chi connectivity index (χ1v) is 6.66. The van der Waals surface area contributed by atoms with Gasteiger partial charge in [-0.2, -0.15) is 0 Å². The normalized spacial score (nSPS) is 13.0. The van der Waals surface area contributed by atoms with E-state index in [9.17, 15) is 9.90 Å². The first-order chi connectivity index (χ1) is 10.7. The zero-order valence-corrected chi connectivity index (χ0v) is 11.9. The lowest BCUT2D eigenvalue weighted by molar-refractivity contribution is -0.130. The summed E-state index contributed by atoms with van der Waals surface area (Å²) < 4.78 is 15.6. The quantitative estimate of drug-likeness (QED) is 0.694. The average Bonchev–Trinajstić information content (AvgIpc) is 3.00. The second-order valence-electron chi connectivity index (χ2n) is 4.70. The van der Waals surface area contributed by atoms with Crippen LogP contribution in [0.1, 0.15) is 11.1 Å². The van der Waals surface area contributed by atoms with Crippen LogP contribution in [-0.2, 0) is 4.79 Å². The van der Waals surface area contributed by atoms with E-state index in [1.165, 1.54) is 0 Å². The minimum Gasteiger partial charge on any atom is -0.497 e. The molecule has 2 aromatic carbocycles. The van der Waals surface area contributed by atoms with Gasteiger partial charge in [0.2, 0.25) is 6.79 Å². The van der Waals surface area contributed by atoms with E-state index in [0.717, 1.165) is 11.3 Å². The Balaban J connectivity index is 1.98. The number of rotatable bonds is 4. The van der Waals surface area contributed by atoms with E-state index < -0.39 is 5.97 Å². The number of carboxylic acid groups (broad SMARTS) is 1. The number of fused-ring (bicyclic) bond motifs is 1. The predicted molar refractivity (Wildman–Crippen MR) is 81.1 cm³/mol. The second-order valence-corrected chi connectivity index (χ2v) is 4.70. The highest BCUT2D eigenvalue weighted by Gasteiger charge is 2.17. The molecule has 1 heterocycles. The largest absolute Gasteiger partial charge is 0.497 e. The first-order valence-electron chi connectivity index (χ1n) is 6.66. The Hall–Kier alpha value is -2.95. The van der Waals surface area contributed by atoms with Crippen molar-refractivity contribution in [1.29, 1.82) is 0 Å². The highest BCUT2D eigenvalue weighted by atomic mass is 16.7. The van der Waals surface area contributed by atoms with E-state index in [2.05, 4.69) is 0 Å². The molecule has 0 spiro atoms. The van der Waals surface area contributed by atoms with Crippen molar-refractivity contribution in [2.45, 2.75) is 0 Å². The minimum absolute atomic E-state index is 0.156. The van der Waals surface area contributed by atoms with Crippen molar-refractivity contribution in [2.75, 3.05) is 13.9 Å². The molecular formula is C17H14O5. The van der Waals surface area contributed by atoms with E-state index in [4.69, 9.17) is 14.2 Å². The van der Waals surface area contributed by atoms with Gasteiger partial charge in [-0.1, -0.05) is 18.2 Å². The Kier molecular flexibility index (Phi) is 3.70. The molecule has 1 aliphatic rings. The molecule has 0 aromatic heterocycles. The van der Waals surface area contributed by atoms with Gasteiger partial charge in [-0.15, -0.1) is 0 Å². The zero-order valence-electron chi connectivity index (χ0n) is 11.9. The molecule has 2 aromatic rings. The molecular weight excluding hydrogens is 284 g/mol. The number of hydrogen-bond acceptors (Lipinski definition) is 4. The summed E-state index contributed by atoms with van der Waals surface area (Å²) in [7, 11) is 1.58. The minimum atomic E-state index is -1.00. The van der Waals surface area contributed by atoms with Gasteiger partial charge in [0, 0.05) is 0 Å². The SMILES string of the molecule is COc1ccc(/C=C(\C(=O)O)c2ccc3c(c2)OCO3)cc1. The van der Waals surface area contributed by atoms with Gasteiger partial charge in [-0.05, 0) is 41.5 Å². The molecule has 0 saturated carbocycles. The number of hydrogen-bond donors (Lipinski definition) is 1. The smallest absolute Gasteiger partial charge is 0.336 e. The molecule has 112 valence electrons. The molecule has 0 atom stereocenters. The molecule has 5 heteroatoms. The molecule has 0 saturated heterocycles. The molecule has 0 amide bonds. The molecule has 3 rings (SSSR count). The van der Waals surface area contributed by atoms with E-state index >= 15 is 0 Å². The van der Waals surface area contributed by atoms with Crippen LogP contribution in [-0.4, -0.2) is 25.0 Å². The Bertz CT molecular complexity index is 731. The van der Waals surface area contributed by atoms with Crippen molar-refractivity contribution >= 4 is 17.6 Å². The van der Waals surface area contributed by atoms with Crippen LogP contribution in [0.25, 0.3) is 11.6 Å². The molecule has 0 radical (unpaired) electrons. The third-order valence-corrected chi connectivity index (χ3v) is 3.34. The molecule has 1 aliphatic heterocycles. The zero-order chi connectivity index (χ0) is 15.5. The van der Waals surface area contributed by atoms with Gasteiger partial charge in [-0.25, -0.2) is 4.79 Å². The van der Waals surface area contributed by atoms with Crippen LogP contribution in [0.4, 0.5) is 0 Å². The molecule has 1 N–H and O–H groups in total. The summed E-state index contributed by atoms with van der Waals surface area (Å²) in [6, 6.07) is 12.3. The topological polar surface area (TPSA) is 65.0 Å². The summed E-state index contributed by atoms with van der Waals surface area (Å²) in [4.78, 5) is 11.6. The molecule has 5 nitrogen and oxygen atoms in total. The van der Waals surface area contributed by atoms with Crippen molar-refractivity contribution in [3.05, 3.63) is 53.6 Å². The van der Waals surface area contributed by atoms with Crippen molar-refractivity contribution in [3.8, 4) is 17.2 Å². The fourth-order valence-corrected chi connectivity index (χ4v) is 2.20. The van der Waals surface area contributed by atoms with Crippen LogP contribution in [0, 0.1) is 0 Å². The van der Waals surface area contributed by atoms with E-state index in [1.807, 2.05) is 0 Å². The van der Waals surface area contributed by atoms with Crippen molar-refractivity contribution < 1.29 is 24.1 Å². The summed E-state index contributed by atoms with van der Waals surface area (Å²) >= 11 is 0. The lowest BCUT2D eigenvalue weighted by Crippen LogP contribution is -1.99. The summed E-state index contributed by atoms with van der Waals surface area (Å²) in [6.07, 6.45) is 1.61. The number of aliphatic carboxylic acids is 1. The van der Waals surface area contributed by atoms with Gasteiger partial charge in [0.1, 0.15) is 5.75 Å². The third-order valence-electron chi connectivity index (χ3n) is 3.34. The number of benzene rings is 2. The van der Waals surface area contributed by atoms with Crippen LogP contribution in [0.2, 0.25) is 0 Å². The van der Waals surface area contributed by atoms with Gasteiger partial charge in [0.05, 0.1) is 12.7 Å². The maximum absolute atomic E-state index is 11.6. The Labute approximate surface area is 127 Å². The molecule has 0 bridgehead atoms. The standard InChI is InChI=1S/C17H14O5/c1-20-13-5-2-11(3-6-13)8-14(17(18)19)12-4-7-15-16(9-12)22-10-21-15/h2-9H,10H2,1H3,(H,18,19)/b14-8-. The van der Waals surface area contributed by atoms with E-state index in [1.54, 1.807) is 55.7 Å². The van der Waals surface area contributed by atoms with Crippen LogP contribution in [0.5, 0.6) is 17.2 Å². The molecule has 0 fully saturated rings. The van der Waals surface area contributed by atoms with E-state index in [-0.39, 0.29) is 12.4 Å². The molecule has 0 unspecified atom stereocenters. The number of carbonyl (C=O) groups is 1. The first kappa shape index (κ1) is 14.0.